The summed E-state index contributed by atoms with van der Waals surface area (Å²) in [7, 11) is -1.85. The van der Waals surface area contributed by atoms with Crippen molar-refractivity contribution in [1.29, 1.82) is 0 Å². The first-order chi connectivity index (χ1) is 13.5. The monoisotopic (exact) mass is 545 g/mol. The van der Waals surface area contributed by atoms with Crippen molar-refractivity contribution in [3.8, 4) is 0 Å². The Morgan fingerprint density at radius 3 is 1.97 bits per heavy atom. The summed E-state index contributed by atoms with van der Waals surface area (Å²) in [5.41, 5.74) is 2.58. The van der Waals surface area contributed by atoms with Crippen molar-refractivity contribution < 1.29 is 14.0 Å². The zero-order valence-electron chi connectivity index (χ0n) is 21.7. The van der Waals surface area contributed by atoms with Crippen molar-refractivity contribution in [2.24, 2.45) is 0 Å². The topological polar surface area (TPSA) is 38.8 Å². The number of nitrogens with zero attached hydrogens (tertiary/aromatic N) is 1. The number of allylic oxidation sites excluding steroid dienone is 1. The first-order valence-corrected chi connectivity index (χ1v) is 23.7. The molecule has 1 heterocycles. The maximum atomic E-state index is 12.8. The molecule has 0 aromatic rings. The molecule has 0 fully saturated rings. The molecule has 4 nitrogen and oxygen atoms in total. The summed E-state index contributed by atoms with van der Waals surface area (Å²) in [5, 5.41) is 0. The Morgan fingerprint density at radius 2 is 1.57 bits per heavy atom. The molecule has 0 aliphatic carbocycles. The number of ether oxygens (including phenoxy) is 1. The molecule has 0 saturated heterocycles. The van der Waals surface area contributed by atoms with E-state index in [4.69, 9.17) is 9.16 Å². The second-order valence-corrected chi connectivity index (χ2v) is 31.2. The van der Waals surface area contributed by atoms with Crippen LogP contribution in [0.1, 0.15) is 68.7 Å². The molecule has 0 aromatic heterocycles. The fraction of sp³-hybridized carbons (Fsp3) is 0.792. The molecule has 0 N–H and O–H groups in total. The van der Waals surface area contributed by atoms with E-state index in [-0.39, 0.29) is 6.09 Å². The summed E-state index contributed by atoms with van der Waals surface area (Å²) in [6.45, 7) is 21.1. The van der Waals surface area contributed by atoms with Gasteiger partial charge in [0.1, 0.15) is 0 Å². The maximum absolute atomic E-state index is 12.8. The molecule has 1 amide bonds. The molecule has 0 radical (unpaired) electrons. The molecule has 1 aliphatic heterocycles. The third-order valence-corrected chi connectivity index (χ3v) is 17.8. The Hall–Kier alpha value is -0.274. The van der Waals surface area contributed by atoms with Crippen LogP contribution >= 0.6 is 0 Å². The van der Waals surface area contributed by atoms with Gasteiger partial charge < -0.3 is 0 Å². The first kappa shape index (κ1) is 27.8. The zero-order valence-corrected chi connectivity index (χ0v) is 25.5. The van der Waals surface area contributed by atoms with Crippen LogP contribution in [0.5, 0.6) is 0 Å². The van der Waals surface area contributed by atoms with Gasteiger partial charge in [0.25, 0.3) is 0 Å². The van der Waals surface area contributed by atoms with Crippen molar-refractivity contribution in [3.63, 3.8) is 0 Å². The Balaban J connectivity index is 3.07. The third-order valence-electron chi connectivity index (χ3n) is 5.96. The van der Waals surface area contributed by atoms with Gasteiger partial charge in [0, 0.05) is 0 Å². The standard InChI is InChI=1S/C21H38NO3Si.3CH3.Sn/c1-16(2)26(17(3)4,18(5)6)24-14-10-11-19-12-13-22(15-19)20(23)25-21(7,8)9;;;;/h10-11,16-18H,12-14H2,1-9H3;3*1H3;/b11-10+;;;;. The van der Waals surface area contributed by atoms with Crippen LogP contribution in [0, 0.1) is 0 Å². The molecule has 1 aliphatic rings. The molecule has 0 atom stereocenters. The Morgan fingerprint density at radius 1 is 1.07 bits per heavy atom. The number of hydrogen-bond donors (Lipinski definition) is 0. The second kappa shape index (κ2) is 10.6. The number of carbonyl (C=O) groups excluding carboxylic acids is 1. The van der Waals surface area contributed by atoms with Crippen LogP contribution < -0.4 is 0 Å². The van der Waals surface area contributed by atoms with Gasteiger partial charge in [0.2, 0.25) is 0 Å². The molecule has 6 heteroatoms. The minimum absolute atomic E-state index is 0.199. The Labute approximate surface area is 191 Å². The van der Waals surface area contributed by atoms with E-state index in [9.17, 15) is 4.79 Å². The average Bonchev–Trinajstić information content (AvgIpc) is 2.96. The van der Waals surface area contributed by atoms with E-state index in [1.54, 1.807) is 0 Å². The van der Waals surface area contributed by atoms with Gasteiger partial charge in [0.15, 0.2) is 0 Å². The van der Waals surface area contributed by atoms with Crippen LogP contribution in [0.3, 0.4) is 0 Å². The number of carbonyl (C=O) groups is 1. The Bertz CT molecular complexity index is 633. The molecular formula is C24H47NO3SiSn. The molecular weight excluding hydrogens is 497 g/mol. The van der Waals surface area contributed by atoms with Gasteiger partial charge in [-0.3, -0.25) is 0 Å². The summed E-state index contributed by atoms with van der Waals surface area (Å²) in [5.74, 6) is 0. The van der Waals surface area contributed by atoms with E-state index >= 15 is 0 Å². The van der Waals surface area contributed by atoms with Gasteiger partial charge in [-0.05, 0) is 0 Å². The fourth-order valence-electron chi connectivity index (χ4n) is 5.07. The quantitative estimate of drug-likeness (QED) is 0.297. The second-order valence-electron chi connectivity index (χ2n) is 11.5. The normalized spacial score (nSPS) is 16.7. The van der Waals surface area contributed by atoms with Gasteiger partial charge in [-0.25, -0.2) is 0 Å². The van der Waals surface area contributed by atoms with Crippen LogP contribution in [0.15, 0.2) is 21.4 Å². The fourth-order valence-corrected chi connectivity index (χ4v) is 16.7. The van der Waals surface area contributed by atoms with Crippen molar-refractivity contribution in [1.82, 2.24) is 4.90 Å². The van der Waals surface area contributed by atoms with Crippen LogP contribution in [-0.4, -0.2) is 56.4 Å². The van der Waals surface area contributed by atoms with Gasteiger partial charge >= 0.3 is 192 Å². The van der Waals surface area contributed by atoms with Crippen molar-refractivity contribution in [2.45, 2.75) is 106 Å². The molecule has 0 bridgehead atoms. The third kappa shape index (κ3) is 6.86. The summed E-state index contributed by atoms with van der Waals surface area (Å²) in [6.07, 6.45) is 5.11. The Kier molecular flexibility index (Phi) is 9.77. The SMILES string of the molecule is CC(C)[Si](OC/C=C/C1=[C]([Sn]([CH3])([CH3])[CH3])N(C(=O)OC(C)(C)C)CC1)(C(C)C)C(C)C. The van der Waals surface area contributed by atoms with E-state index in [0.29, 0.717) is 23.2 Å². The van der Waals surface area contributed by atoms with Gasteiger partial charge in [0.05, 0.1) is 0 Å². The van der Waals surface area contributed by atoms with Crippen LogP contribution in [0.4, 0.5) is 4.79 Å². The van der Waals surface area contributed by atoms with Crippen molar-refractivity contribution in [2.75, 3.05) is 13.2 Å². The molecule has 0 spiro atoms. The zero-order chi connectivity index (χ0) is 23.5. The van der Waals surface area contributed by atoms with Crippen LogP contribution in [-0.2, 0) is 9.16 Å². The van der Waals surface area contributed by atoms with Crippen LogP contribution in [0.25, 0.3) is 0 Å². The van der Waals surface area contributed by atoms with Gasteiger partial charge in [-0.2, -0.15) is 0 Å². The van der Waals surface area contributed by atoms with E-state index in [2.05, 4.69) is 68.5 Å². The predicted molar refractivity (Wildman–Crippen MR) is 134 cm³/mol. The first-order valence-electron chi connectivity index (χ1n) is 11.6. The number of rotatable bonds is 8. The van der Waals surface area contributed by atoms with E-state index < -0.39 is 32.3 Å². The summed E-state index contributed by atoms with van der Waals surface area (Å²) in [6, 6.07) is 0. The van der Waals surface area contributed by atoms with E-state index in [1.165, 1.54) is 9.29 Å². The predicted octanol–water partition coefficient (Wildman–Crippen LogP) is 7.51. The van der Waals surface area contributed by atoms with Gasteiger partial charge in [-0.15, -0.1) is 0 Å². The van der Waals surface area contributed by atoms with Gasteiger partial charge in [-0.1, -0.05) is 0 Å². The van der Waals surface area contributed by atoms with E-state index in [0.717, 1.165) is 13.0 Å². The summed E-state index contributed by atoms with van der Waals surface area (Å²) < 4.78 is 13.6. The van der Waals surface area contributed by atoms with Crippen molar-refractivity contribution >= 4 is 32.8 Å². The molecule has 0 unspecified atom stereocenters. The molecule has 174 valence electrons. The number of amides is 1. The van der Waals surface area contributed by atoms with Crippen molar-refractivity contribution in [3.05, 3.63) is 21.4 Å². The molecule has 0 aromatic carbocycles. The summed E-state index contributed by atoms with van der Waals surface area (Å²) >= 11 is -2.53. The average molecular weight is 544 g/mol. The number of hydrogen-bond acceptors (Lipinski definition) is 3. The summed E-state index contributed by atoms with van der Waals surface area (Å²) in [4.78, 5) is 21.8. The molecule has 1 rings (SSSR count). The van der Waals surface area contributed by atoms with Crippen LogP contribution in [0.2, 0.25) is 31.4 Å². The molecule has 0 saturated carbocycles. The molecule has 30 heavy (non-hydrogen) atoms. The minimum atomic E-state index is -2.53. The van der Waals surface area contributed by atoms with E-state index in [1.807, 2.05) is 25.7 Å².